The van der Waals surface area contributed by atoms with Crippen LogP contribution in [0.25, 0.3) is 27.7 Å². The Morgan fingerprint density at radius 1 is 0.532 bits per heavy atom. The third-order valence-corrected chi connectivity index (χ3v) is 13.2. The van der Waals surface area contributed by atoms with E-state index in [2.05, 4.69) is 91.0 Å². The number of aromatic nitrogens is 2. The lowest BCUT2D eigenvalue weighted by Gasteiger charge is -2.27. The zero-order valence-electron chi connectivity index (χ0n) is 26.2. The van der Waals surface area contributed by atoms with Gasteiger partial charge in [0.25, 0.3) is 5.56 Å². The summed E-state index contributed by atoms with van der Waals surface area (Å²) in [6.45, 7) is 0.637. The minimum atomic E-state index is -1.84. The summed E-state index contributed by atoms with van der Waals surface area (Å²) in [7, 11) is -1.84. The first-order valence-corrected chi connectivity index (χ1v) is 18.1. The van der Waals surface area contributed by atoms with Crippen molar-refractivity contribution < 1.29 is 4.74 Å². The normalized spacial score (nSPS) is 11.4. The summed E-state index contributed by atoms with van der Waals surface area (Å²) < 4.78 is 7.76. The molecule has 0 saturated carbocycles. The lowest BCUT2D eigenvalue weighted by Crippen LogP contribution is -2.33. The number of fused-ring (bicyclic) bond motifs is 1. The molecule has 4 nitrogen and oxygen atoms in total. The molecule has 0 N–H and O–H groups in total. The van der Waals surface area contributed by atoms with E-state index in [4.69, 9.17) is 9.84 Å². The molecule has 0 fully saturated rings. The topological polar surface area (TPSA) is 44.1 Å². The van der Waals surface area contributed by atoms with E-state index in [0.717, 1.165) is 47.1 Å². The molecule has 0 spiro atoms. The van der Waals surface area contributed by atoms with Crippen molar-refractivity contribution in [1.82, 2.24) is 9.78 Å². The van der Waals surface area contributed by atoms with Crippen LogP contribution < -0.4 is 26.2 Å². The fraction of sp³-hybridized carbons (Fsp3) is 0.0952. The summed E-state index contributed by atoms with van der Waals surface area (Å²) in [5.41, 5.74) is 2.30. The molecule has 5 heteroatoms. The second-order valence-corrected chi connectivity index (χ2v) is 15.2. The Kier molecular flexibility index (Phi) is 9.03. The molecular formula is C42H36N2O2P+. The minimum absolute atomic E-state index is 0.131. The van der Waals surface area contributed by atoms with Gasteiger partial charge in [-0.3, -0.25) is 4.79 Å². The van der Waals surface area contributed by atoms with Gasteiger partial charge in [0.1, 0.15) is 28.9 Å². The number of para-hydroxylation sites is 1. The molecule has 0 radical (unpaired) electrons. The molecule has 0 aliphatic rings. The van der Waals surface area contributed by atoms with Crippen molar-refractivity contribution in [2.75, 3.05) is 12.8 Å². The van der Waals surface area contributed by atoms with Crippen LogP contribution in [0, 0.1) is 0 Å². The average Bonchev–Trinajstić information content (AvgIpc) is 3.15. The van der Waals surface area contributed by atoms with Gasteiger partial charge in [-0.1, -0.05) is 91.0 Å². The maximum absolute atomic E-state index is 13.3. The quantitative estimate of drug-likeness (QED) is 0.107. The van der Waals surface area contributed by atoms with Crippen molar-refractivity contribution in [2.24, 2.45) is 0 Å². The maximum atomic E-state index is 13.3. The van der Waals surface area contributed by atoms with E-state index in [1.807, 2.05) is 78.9 Å². The predicted octanol–water partition coefficient (Wildman–Crippen LogP) is 8.21. The van der Waals surface area contributed by atoms with Gasteiger partial charge in [-0.05, 0) is 91.7 Å². The van der Waals surface area contributed by atoms with Gasteiger partial charge >= 0.3 is 0 Å². The van der Waals surface area contributed by atoms with Gasteiger partial charge in [-0.2, -0.15) is 9.78 Å². The SMILES string of the molecule is O=c1c2ccccc2c(-c2ccc(OCCCC[P+](c3ccccc3)(c3ccccc3)c3ccccc3)cc2)nn1-c1ccccc1. The summed E-state index contributed by atoms with van der Waals surface area (Å²) in [6, 6.07) is 58.4. The van der Waals surface area contributed by atoms with E-state index >= 15 is 0 Å². The fourth-order valence-corrected chi connectivity index (χ4v) is 10.8. The summed E-state index contributed by atoms with van der Waals surface area (Å²) in [5, 5.41) is 10.5. The smallest absolute Gasteiger partial charge is 0.279 e. The van der Waals surface area contributed by atoms with Gasteiger partial charge in [0.05, 0.1) is 29.5 Å². The van der Waals surface area contributed by atoms with Gasteiger partial charge in [0, 0.05) is 10.9 Å². The van der Waals surface area contributed by atoms with Crippen LogP contribution in [0.4, 0.5) is 0 Å². The molecule has 1 aromatic heterocycles. The molecule has 7 aromatic rings. The molecule has 0 aliphatic heterocycles. The third-order valence-electron chi connectivity index (χ3n) is 8.68. The highest BCUT2D eigenvalue weighted by Gasteiger charge is 2.44. The zero-order chi connectivity index (χ0) is 31.9. The Morgan fingerprint density at radius 2 is 1.02 bits per heavy atom. The van der Waals surface area contributed by atoms with Crippen LogP contribution in [0.15, 0.2) is 175 Å². The van der Waals surface area contributed by atoms with Crippen LogP contribution in [0.2, 0.25) is 0 Å². The van der Waals surface area contributed by atoms with Crippen molar-refractivity contribution in [1.29, 1.82) is 0 Å². The number of ether oxygens (including phenoxy) is 1. The Balaban J connectivity index is 1.09. The first-order chi connectivity index (χ1) is 23.2. The van der Waals surface area contributed by atoms with Crippen molar-refractivity contribution in [3.63, 3.8) is 0 Å². The number of benzene rings is 6. The molecule has 6 aromatic carbocycles. The van der Waals surface area contributed by atoms with Crippen molar-refractivity contribution >= 4 is 33.9 Å². The van der Waals surface area contributed by atoms with Crippen LogP contribution in [0.5, 0.6) is 5.75 Å². The summed E-state index contributed by atoms with van der Waals surface area (Å²) in [4.78, 5) is 13.3. The minimum Gasteiger partial charge on any atom is -0.494 e. The van der Waals surface area contributed by atoms with Crippen LogP contribution in [-0.4, -0.2) is 22.5 Å². The number of unbranched alkanes of at least 4 members (excludes halogenated alkanes) is 1. The lowest BCUT2D eigenvalue weighted by molar-refractivity contribution is 0.310. The molecule has 0 aliphatic carbocycles. The number of nitrogens with zero attached hydrogens (tertiary/aromatic N) is 2. The molecule has 47 heavy (non-hydrogen) atoms. The van der Waals surface area contributed by atoms with E-state index in [1.165, 1.54) is 20.6 Å². The second kappa shape index (κ2) is 14.0. The van der Waals surface area contributed by atoms with E-state index in [1.54, 1.807) is 0 Å². The zero-order valence-corrected chi connectivity index (χ0v) is 27.0. The van der Waals surface area contributed by atoms with Gasteiger partial charge in [-0.15, -0.1) is 0 Å². The number of hydrogen-bond donors (Lipinski definition) is 0. The van der Waals surface area contributed by atoms with E-state index < -0.39 is 7.26 Å². The van der Waals surface area contributed by atoms with Crippen molar-refractivity contribution in [3.8, 4) is 22.7 Å². The summed E-state index contributed by atoms with van der Waals surface area (Å²) in [6.07, 6.45) is 3.06. The Bertz CT molecular complexity index is 2020. The van der Waals surface area contributed by atoms with Gasteiger partial charge in [-0.25, -0.2) is 0 Å². The lowest BCUT2D eigenvalue weighted by atomic mass is 10.0. The second-order valence-electron chi connectivity index (χ2n) is 11.6. The first-order valence-electron chi connectivity index (χ1n) is 16.1. The molecule has 0 bridgehead atoms. The van der Waals surface area contributed by atoms with Crippen LogP contribution in [0.3, 0.4) is 0 Å². The fourth-order valence-electron chi connectivity index (χ4n) is 6.38. The molecule has 1 heterocycles. The monoisotopic (exact) mass is 631 g/mol. The Labute approximate surface area is 276 Å². The van der Waals surface area contributed by atoms with Crippen LogP contribution in [-0.2, 0) is 0 Å². The van der Waals surface area contributed by atoms with E-state index in [0.29, 0.717) is 12.0 Å². The number of hydrogen-bond acceptors (Lipinski definition) is 3. The third kappa shape index (κ3) is 6.25. The Hall–Kier alpha value is -5.31. The van der Waals surface area contributed by atoms with Crippen LogP contribution in [0.1, 0.15) is 12.8 Å². The molecular weight excluding hydrogens is 595 g/mol. The average molecular weight is 632 g/mol. The van der Waals surface area contributed by atoms with Gasteiger partial charge in [0.15, 0.2) is 0 Å². The van der Waals surface area contributed by atoms with Crippen molar-refractivity contribution in [3.05, 3.63) is 180 Å². The molecule has 0 atom stereocenters. The van der Waals surface area contributed by atoms with Crippen LogP contribution >= 0.6 is 7.26 Å². The van der Waals surface area contributed by atoms with Crippen molar-refractivity contribution in [2.45, 2.75) is 12.8 Å². The summed E-state index contributed by atoms with van der Waals surface area (Å²) in [5.74, 6) is 0.824. The highest BCUT2D eigenvalue weighted by molar-refractivity contribution is 7.95. The van der Waals surface area contributed by atoms with Gasteiger partial charge < -0.3 is 4.74 Å². The highest BCUT2D eigenvalue weighted by atomic mass is 31.2. The van der Waals surface area contributed by atoms with E-state index in [9.17, 15) is 4.79 Å². The van der Waals surface area contributed by atoms with Gasteiger partial charge in [0.2, 0.25) is 0 Å². The molecule has 7 rings (SSSR count). The largest absolute Gasteiger partial charge is 0.494 e. The maximum Gasteiger partial charge on any atom is 0.279 e. The standard InChI is InChI=1S/C42H36N2O2P/c45-42-40-26-14-13-25-39(40)41(43-44(42)34-17-5-1-6-18-34)33-27-29-35(30-28-33)46-31-15-16-32-47(36-19-7-2-8-20-36,37-21-9-3-10-22-37)38-23-11-4-12-24-38/h1-14,17-30H,15-16,31-32H2/q+1. The number of rotatable bonds is 11. The molecule has 0 unspecified atom stereocenters. The Morgan fingerprint density at radius 3 is 1.57 bits per heavy atom. The predicted molar refractivity (Wildman–Crippen MR) is 198 cm³/mol. The van der Waals surface area contributed by atoms with E-state index in [-0.39, 0.29) is 5.56 Å². The summed E-state index contributed by atoms with van der Waals surface area (Å²) >= 11 is 0. The molecule has 0 amide bonds. The molecule has 0 saturated heterocycles. The first kappa shape index (κ1) is 30.3. The molecule has 230 valence electrons. The highest BCUT2D eigenvalue weighted by Crippen LogP contribution is 2.55.